The second kappa shape index (κ2) is 5.83. The van der Waals surface area contributed by atoms with Gasteiger partial charge in [0.2, 0.25) is 0 Å². The minimum atomic E-state index is -3.82. The van der Waals surface area contributed by atoms with E-state index in [9.17, 15) is 4.57 Å². The molecule has 86 valence electrons. The molecule has 2 N–H and O–H groups in total. The quantitative estimate of drug-likeness (QED) is 0.483. The fourth-order valence-corrected chi connectivity index (χ4v) is 1.71. The van der Waals surface area contributed by atoms with Crippen molar-refractivity contribution in [1.29, 1.82) is 0 Å². The van der Waals surface area contributed by atoms with Gasteiger partial charge in [0.25, 0.3) is 0 Å². The highest BCUT2D eigenvalue weighted by Crippen LogP contribution is 2.34. The number of hydrogen-bond donors (Lipinski definition) is 2. The number of hydrogen-bond acceptors (Lipinski definition) is 2. The molecule has 0 fully saturated rings. The van der Waals surface area contributed by atoms with Crippen molar-refractivity contribution in [3.63, 3.8) is 0 Å². The van der Waals surface area contributed by atoms with Crippen molar-refractivity contribution in [1.82, 2.24) is 0 Å². The van der Waals surface area contributed by atoms with E-state index in [0.29, 0.717) is 13.0 Å². The molecule has 0 heterocycles. The van der Waals surface area contributed by atoms with E-state index in [1.807, 2.05) is 14.1 Å². The third-order valence-electron chi connectivity index (χ3n) is 2.11. The second-order valence-electron chi connectivity index (χ2n) is 4.12. The van der Waals surface area contributed by atoms with Gasteiger partial charge in [0.05, 0.1) is 33.4 Å². The lowest BCUT2D eigenvalue weighted by Gasteiger charge is -2.29. The zero-order chi connectivity index (χ0) is 11.2. The summed E-state index contributed by atoms with van der Waals surface area (Å²) in [5.74, 6) is 0. The first-order chi connectivity index (χ1) is 6.27. The zero-order valence-electron chi connectivity index (χ0n) is 9.14. The van der Waals surface area contributed by atoms with E-state index in [0.717, 1.165) is 17.6 Å². The van der Waals surface area contributed by atoms with Crippen molar-refractivity contribution in [2.24, 2.45) is 0 Å². The highest BCUT2D eigenvalue weighted by molar-refractivity contribution is 7.51. The Labute approximate surface area is 85.4 Å². The lowest BCUT2D eigenvalue weighted by Crippen LogP contribution is -2.43. The average Bonchev–Trinajstić information content (AvgIpc) is 1.98. The van der Waals surface area contributed by atoms with E-state index < -0.39 is 7.60 Å². The van der Waals surface area contributed by atoms with Gasteiger partial charge in [-0.3, -0.25) is 4.57 Å². The molecular weight excluding hydrogens is 205 g/mol. The van der Waals surface area contributed by atoms with Crippen LogP contribution in [0.15, 0.2) is 0 Å². The van der Waals surface area contributed by atoms with Gasteiger partial charge >= 0.3 is 7.60 Å². The molecule has 0 atom stereocenters. The third-order valence-corrected chi connectivity index (χ3v) is 3.01. The van der Waals surface area contributed by atoms with Crippen molar-refractivity contribution in [3.05, 3.63) is 0 Å². The fourth-order valence-electron chi connectivity index (χ4n) is 1.15. The highest BCUT2D eigenvalue weighted by atomic mass is 31.2. The molecule has 0 aromatic carbocycles. The van der Waals surface area contributed by atoms with Gasteiger partial charge in [0.1, 0.15) is 6.54 Å². The molecule has 6 heteroatoms. The molecule has 0 bridgehead atoms. The number of likely N-dealkylation sites (N-methyl/N-ethyl adjacent to an activating group) is 1. The van der Waals surface area contributed by atoms with Crippen LogP contribution >= 0.6 is 7.60 Å². The van der Waals surface area contributed by atoms with Crippen LogP contribution in [0.5, 0.6) is 0 Å². The summed E-state index contributed by atoms with van der Waals surface area (Å²) < 4.78 is 16.3. The van der Waals surface area contributed by atoms with Crippen LogP contribution < -0.4 is 0 Å². The third kappa shape index (κ3) is 8.66. The number of quaternary nitrogens is 1. The van der Waals surface area contributed by atoms with Crippen LogP contribution in [0, 0.1) is 0 Å². The summed E-state index contributed by atoms with van der Waals surface area (Å²) in [6.45, 7) is 2.29. The Morgan fingerprint density at radius 3 is 2.29 bits per heavy atom. The molecular formula is C8H21NO4P+. The Kier molecular flexibility index (Phi) is 5.86. The van der Waals surface area contributed by atoms with E-state index in [-0.39, 0.29) is 6.16 Å². The average molecular weight is 226 g/mol. The van der Waals surface area contributed by atoms with Gasteiger partial charge in [-0.1, -0.05) is 0 Å². The Bertz CT molecular complexity index is 202. The van der Waals surface area contributed by atoms with Crippen molar-refractivity contribution in [2.45, 2.75) is 6.42 Å². The van der Waals surface area contributed by atoms with Crippen molar-refractivity contribution >= 4 is 7.60 Å². The van der Waals surface area contributed by atoms with Crippen molar-refractivity contribution in [2.75, 3.05) is 47.1 Å². The van der Waals surface area contributed by atoms with E-state index in [2.05, 4.69) is 0 Å². The Morgan fingerprint density at radius 2 is 1.86 bits per heavy atom. The molecule has 14 heavy (non-hydrogen) atoms. The van der Waals surface area contributed by atoms with Crippen LogP contribution in [0.4, 0.5) is 0 Å². The van der Waals surface area contributed by atoms with Crippen molar-refractivity contribution < 1.29 is 23.6 Å². The Hall–Kier alpha value is 0.0700. The second-order valence-corrected chi connectivity index (χ2v) is 5.89. The molecule has 0 aliphatic heterocycles. The molecule has 0 aliphatic rings. The predicted molar refractivity (Wildman–Crippen MR) is 55.2 cm³/mol. The molecule has 0 saturated carbocycles. The molecule has 0 aliphatic carbocycles. The van der Waals surface area contributed by atoms with E-state index in [1.54, 1.807) is 7.11 Å². The van der Waals surface area contributed by atoms with Gasteiger partial charge in [0, 0.05) is 13.5 Å². The van der Waals surface area contributed by atoms with Crippen LogP contribution in [0.1, 0.15) is 6.42 Å². The number of nitrogens with zero attached hydrogens (tertiary/aromatic N) is 1. The standard InChI is InChI=1S/C8H20NO4P/c1-9(2,6-7-13-3)5-4-8-14(10,11)12/h4-8H2,1-3H3,(H-,10,11,12)/p+1. The van der Waals surface area contributed by atoms with Crippen molar-refractivity contribution in [3.8, 4) is 0 Å². The molecule has 0 spiro atoms. The number of methoxy groups -OCH3 is 1. The largest absolute Gasteiger partial charge is 0.379 e. The molecule has 0 amide bonds. The summed E-state index contributed by atoms with van der Waals surface area (Å²) >= 11 is 0. The maximum atomic E-state index is 10.6. The maximum absolute atomic E-state index is 10.6. The molecule has 0 aromatic rings. The minimum absolute atomic E-state index is 0.0261. The van der Waals surface area contributed by atoms with Gasteiger partial charge in [-0.2, -0.15) is 0 Å². The zero-order valence-corrected chi connectivity index (χ0v) is 10.0. The first-order valence-electron chi connectivity index (χ1n) is 4.62. The van der Waals surface area contributed by atoms with Gasteiger partial charge in [-0.25, -0.2) is 0 Å². The molecule has 0 radical (unpaired) electrons. The summed E-state index contributed by atoms with van der Waals surface area (Å²) in [6, 6.07) is 0. The fraction of sp³-hybridized carbons (Fsp3) is 1.00. The molecule has 0 aromatic heterocycles. The normalized spacial score (nSPS) is 13.2. The van der Waals surface area contributed by atoms with Crippen LogP contribution in [0.3, 0.4) is 0 Å². The molecule has 0 unspecified atom stereocenters. The van der Waals surface area contributed by atoms with E-state index >= 15 is 0 Å². The maximum Gasteiger partial charge on any atom is 0.325 e. The van der Waals surface area contributed by atoms with E-state index in [1.165, 1.54) is 0 Å². The van der Waals surface area contributed by atoms with Gasteiger partial charge in [-0.15, -0.1) is 0 Å². The van der Waals surface area contributed by atoms with Crippen LogP contribution in [0.25, 0.3) is 0 Å². The van der Waals surface area contributed by atoms with Crippen LogP contribution in [0.2, 0.25) is 0 Å². The highest BCUT2D eigenvalue weighted by Gasteiger charge is 2.18. The summed E-state index contributed by atoms with van der Waals surface area (Å²) in [4.78, 5) is 17.3. The number of rotatable bonds is 7. The predicted octanol–water partition coefficient (Wildman–Crippen LogP) is 0.277. The minimum Gasteiger partial charge on any atom is -0.379 e. The van der Waals surface area contributed by atoms with Crippen LogP contribution in [-0.2, 0) is 9.30 Å². The lowest BCUT2D eigenvalue weighted by molar-refractivity contribution is -0.890. The Morgan fingerprint density at radius 1 is 1.29 bits per heavy atom. The summed E-state index contributed by atoms with van der Waals surface area (Å²) in [5.41, 5.74) is 0. The lowest BCUT2D eigenvalue weighted by atomic mass is 10.4. The molecule has 5 nitrogen and oxygen atoms in total. The smallest absolute Gasteiger partial charge is 0.325 e. The topological polar surface area (TPSA) is 66.8 Å². The Balaban J connectivity index is 3.70. The van der Waals surface area contributed by atoms with Crippen LogP contribution in [-0.4, -0.2) is 61.3 Å². The SMILES string of the molecule is COCC[N+](C)(C)CCCP(=O)(O)O. The van der Waals surface area contributed by atoms with Gasteiger partial charge in [0.15, 0.2) is 0 Å². The first-order valence-corrected chi connectivity index (χ1v) is 6.42. The monoisotopic (exact) mass is 226 g/mol. The summed E-state index contributed by atoms with van der Waals surface area (Å²) in [5, 5.41) is 0. The summed E-state index contributed by atoms with van der Waals surface area (Å²) in [7, 11) is 1.88. The summed E-state index contributed by atoms with van der Waals surface area (Å²) in [6.07, 6.45) is 0.517. The van der Waals surface area contributed by atoms with Gasteiger partial charge in [-0.05, 0) is 0 Å². The molecule has 0 saturated heterocycles. The number of ether oxygens (including phenoxy) is 1. The van der Waals surface area contributed by atoms with E-state index in [4.69, 9.17) is 14.5 Å². The first kappa shape index (κ1) is 14.1. The molecule has 0 rings (SSSR count). The van der Waals surface area contributed by atoms with Gasteiger partial charge < -0.3 is 19.0 Å².